The standard InChI is InChI=1S/C18H19BrO2/c1-12(2)9-13-5-4-6-14(10-13)18(20)15-7-8-17(21-3)16(19)11-15/h4-8,10-12H,9H2,1-3H3. The number of ether oxygens (including phenoxy) is 1. The lowest BCUT2D eigenvalue weighted by atomic mass is 9.97. The highest BCUT2D eigenvalue weighted by atomic mass is 79.9. The van der Waals surface area contributed by atoms with Gasteiger partial charge in [0, 0.05) is 11.1 Å². The van der Waals surface area contributed by atoms with Crippen LogP contribution >= 0.6 is 15.9 Å². The van der Waals surface area contributed by atoms with Gasteiger partial charge in [0.2, 0.25) is 0 Å². The lowest BCUT2D eigenvalue weighted by molar-refractivity contribution is 0.103. The zero-order valence-electron chi connectivity index (χ0n) is 12.5. The number of methoxy groups -OCH3 is 1. The van der Waals surface area contributed by atoms with E-state index in [4.69, 9.17) is 4.74 Å². The second-order valence-corrected chi connectivity index (χ2v) is 6.33. The first-order valence-electron chi connectivity index (χ1n) is 6.98. The van der Waals surface area contributed by atoms with E-state index in [2.05, 4.69) is 35.8 Å². The Hall–Kier alpha value is -1.61. The molecule has 0 aromatic heterocycles. The second kappa shape index (κ2) is 6.90. The zero-order valence-corrected chi connectivity index (χ0v) is 14.1. The van der Waals surface area contributed by atoms with E-state index >= 15 is 0 Å². The van der Waals surface area contributed by atoms with Crippen LogP contribution in [0, 0.1) is 5.92 Å². The van der Waals surface area contributed by atoms with Crippen LogP contribution < -0.4 is 4.74 Å². The highest BCUT2D eigenvalue weighted by Crippen LogP contribution is 2.26. The molecule has 0 saturated heterocycles. The Bertz CT molecular complexity index is 647. The van der Waals surface area contributed by atoms with Gasteiger partial charge in [-0.1, -0.05) is 32.0 Å². The van der Waals surface area contributed by atoms with Gasteiger partial charge in [-0.15, -0.1) is 0 Å². The van der Waals surface area contributed by atoms with Gasteiger partial charge in [-0.25, -0.2) is 0 Å². The molecule has 0 fully saturated rings. The van der Waals surface area contributed by atoms with Crippen LogP contribution in [-0.2, 0) is 6.42 Å². The number of ketones is 1. The van der Waals surface area contributed by atoms with E-state index in [1.54, 1.807) is 25.3 Å². The van der Waals surface area contributed by atoms with Crippen molar-refractivity contribution >= 4 is 21.7 Å². The molecule has 2 aromatic carbocycles. The Morgan fingerprint density at radius 1 is 1.14 bits per heavy atom. The molecule has 3 heteroatoms. The summed E-state index contributed by atoms with van der Waals surface area (Å²) in [5, 5.41) is 0. The van der Waals surface area contributed by atoms with Gasteiger partial charge < -0.3 is 4.74 Å². The molecule has 2 aromatic rings. The first kappa shape index (κ1) is 15.8. The Morgan fingerprint density at radius 3 is 2.48 bits per heavy atom. The third kappa shape index (κ3) is 3.94. The summed E-state index contributed by atoms with van der Waals surface area (Å²) >= 11 is 3.42. The quantitative estimate of drug-likeness (QED) is 0.720. The first-order chi connectivity index (χ1) is 10.0. The van der Waals surface area contributed by atoms with Gasteiger partial charge in [-0.05, 0) is 58.1 Å². The summed E-state index contributed by atoms with van der Waals surface area (Å²) < 4.78 is 5.98. The Balaban J connectivity index is 2.29. The molecular formula is C18H19BrO2. The largest absolute Gasteiger partial charge is 0.496 e. The average molecular weight is 347 g/mol. The topological polar surface area (TPSA) is 26.3 Å². The van der Waals surface area contributed by atoms with E-state index in [1.165, 1.54) is 5.56 Å². The van der Waals surface area contributed by atoms with Gasteiger partial charge in [0.05, 0.1) is 11.6 Å². The Morgan fingerprint density at radius 2 is 1.86 bits per heavy atom. The second-order valence-electron chi connectivity index (χ2n) is 5.48. The molecule has 0 aliphatic heterocycles. The maximum atomic E-state index is 12.6. The van der Waals surface area contributed by atoms with Crippen molar-refractivity contribution < 1.29 is 9.53 Å². The molecule has 0 aliphatic rings. The number of benzene rings is 2. The molecule has 2 rings (SSSR count). The van der Waals surface area contributed by atoms with E-state index in [0.717, 1.165) is 22.2 Å². The summed E-state index contributed by atoms with van der Waals surface area (Å²) in [4.78, 5) is 12.6. The van der Waals surface area contributed by atoms with Crippen LogP contribution in [0.25, 0.3) is 0 Å². The predicted molar refractivity (Wildman–Crippen MR) is 89.1 cm³/mol. The van der Waals surface area contributed by atoms with Crippen LogP contribution in [0.4, 0.5) is 0 Å². The van der Waals surface area contributed by atoms with E-state index in [0.29, 0.717) is 11.5 Å². The van der Waals surface area contributed by atoms with Crippen LogP contribution in [0.5, 0.6) is 5.75 Å². The van der Waals surface area contributed by atoms with Gasteiger partial charge in [-0.2, -0.15) is 0 Å². The summed E-state index contributed by atoms with van der Waals surface area (Å²) in [7, 11) is 1.61. The predicted octanol–water partition coefficient (Wildman–Crippen LogP) is 4.89. The molecule has 0 bridgehead atoms. The van der Waals surface area contributed by atoms with Gasteiger partial charge >= 0.3 is 0 Å². The number of hydrogen-bond acceptors (Lipinski definition) is 2. The van der Waals surface area contributed by atoms with Crippen molar-refractivity contribution in [2.75, 3.05) is 7.11 Å². The fourth-order valence-electron chi connectivity index (χ4n) is 2.29. The van der Waals surface area contributed by atoms with Gasteiger partial charge in [0.25, 0.3) is 0 Å². The molecule has 0 amide bonds. The minimum absolute atomic E-state index is 0.0314. The molecule has 0 unspecified atom stereocenters. The number of carbonyl (C=O) groups is 1. The Kier molecular flexibility index (Phi) is 5.18. The lowest BCUT2D eigenvalue weighted by Crippen LogP contribution is -2.03. The van der Waals surface area contributed by atoms with Crippen molar-refractivity contribution in [1.82, 2.24) is 0 Å². The molecule has 110 valence electrons. The molecule has 0 atom stereocenters. The third-order valence-corrected chi connectivity index (χ3v) is 3.87. The molecule has 0 aliphatic carbocycles. The minimum Gasteiger partial charge on any atom is -0.496 e. The molecular weight excluding hydrogens is 328 g/mol. The van der Waals surface area contributed by atoms with Crippen molar-refractivity contribution in [1.29, 1.82) is 0 Å². The van der Waals surface area contributed by atoms with E-state index in [1.807, 2.05) is 18.2 Å². The van der Waals surface area contributed by atoms with Gasteiger partial charge in [-0.3, -0.25) is 4.79 Å². The first-order valence-corrected chi connectivity index (χ1v) is 7.77. The van der Waals surface area contributed by atoms with Crippen LogP contribution in [0.2, 0.25) is 0 Å². The zero-order chi connectivity index (χ0) is 15.4. The SMILES string of the molecule is COc1ccc(C(=O)c2cccc(CC(C)C)c2)cc1Br. The fraction of sp³-hybridized carbons (Fsp3) is 0.278. The highest BCUT2D eigenvalue weighted by Gasteiger charge is 2.12. The maximum Gasteiger partial charge on any atom is 0.193 e. The number of hydrogen-bond donors (Lipinski definition) is 0. The lowest BCUT2D eigenvalue weighted by Gasteiger charge is -2.08. The van der Waals surface area contributed by atoms with Gasteiger partial charge in [0.1, 0.15) is 5.75 Å². The van der Waals surface area contributed by atoms with E-state index < -0.39 is 0 Å². The third-order valence-electron chi connectivity index (χ3n) is 3.25. The molecule has 21 heavy (non-hydrogen) atoms. The normalized spacial score (nSPS) is 10.7. The van der Waals surface area contributed by atoms with Crippen LogP contribution in [0.1, 0.15) is 35.3 Å². The molecule has 0 spiro atoms. The monoisotopic (exact) mass is 346 g/mol. The smallest absolute Gasteiger partial charge is 0.193 e. The molecule has 0 radical (unpaired) electrons. The van der Waals surface area contributed by atoms with Crippen molar-refractivity contribution in [3.63, 3.8) is 0 Å². The average Bonchev–Trinajstić information content (AvgIpc) is 2.46. The Labute approximate surface area is 134 Å². The number of rotatable bonds is 5. The van der Waals surface area contributed by atoms with E-state index in [-0.39, 0.29) is 5.78 Å². The molecule has 0 heterocycles. The maximum absolute atomic E-state index is 12.6. The number of carbonyl (C=O) groups excluding carboxylic acids is 1. The summed E-state index contributed by atoms with van der Waals surface area (Å²) in [6, 6.07) is 13.3. The van der Waals surface area contributed by atoms with E-state index in [9.17, 15) is 4.79 Å². The number of halogens is 1. The summed E-state index contributed by atoms with van der Waals surface area (Å²) in [5.74, 6) is 1.33. The summed E-state index contributed by atoms with van der Waals surface area (Å²) in [6.45, 7) is 4.35. The highest BCUT2D eigenvalue weighted by molar-refractivity contribution is 9.10. The van der Waals surface area contributed by atoms with Crippen molar-refractivity contribution in [3.8, 4) is 5.75 Å². The van der Waals surface area contributed by atoms with Crippen LogP contribution in [0.3, 0.4) is 0 Å². The van der Waals surface area contributed by atoms with Crippen molar-refractivity contribution in [2.45, 2.75) is 20.3 Å². The van der Waals surface area contributed by atoms with Crippen molar-refractivity contribution in [3.05, 3.63) is 63.6 Å². The molecule has 0 N–H and O–H groups in total. The fourth-order valence-corrected chi connectivity index (χ4v) is 2.83. The minimum atomic E-state index is 0.0314. The van der Waals surface area contributed by atoms with Crippen LogP contribution in [-0.4, -0.2) is 12.9 Å². The van der Waals surface area contributed by atoms with Gasteiger partial charge in [0.15, 0.2) is 5.78 Å². The summed E-state index contributed by atoms with van der Waals surface area (Å²) in [6.07, 6.45) is 0.980. The van der Waals surface area contributed by atoms with Crippen LogP contribution in [0.15, 0.2) is 46.9 Å². The summed E-state index contributed by atoms with van der Waals surface area (Å²) in [5.41, 5.74) is 2.58. The van der Waals surface area contributed by atoms with Crippen molar-refractivity contribution in [2.24, 2.45) is 5.92 Å². The molecule has 0 saturated carbocycles. The molecule has 2 nitrogen and oxygen atoms in total.